The number of aromatic nitrogens is 6. The van der Waals surface area contributed by atoms with Gasteiger partial charge in [-0.1, -0.05) is 19.0 Å². The number of hydrogen-bond acceptors (Lipinski definition) is 8. The Morgan fingerprint density at radius 1 is 1.30 bits per heavy atom. The molecule has 1 atom stereocenters. The highest BCUT2D eigenvalue weighted by Crippen LogP contribution is 2.32. The van der Waals surface area contributed by atoms with E-state index in [0.717, 1.165) is 54.5 Å². The lowest BCUT2D eigenvalue weighted by molar-refractivity contribution is 0.178. The Kier molecular flexibility index (Phi) is 4.77. The largest absolute Gasteiger partial charge is 0.377 e. The van der Waals surface area contributed by atoms with Crippen molar-refractivity contribution >= 4 is 16.9 Å². The molecule has 0 N–H and O–H groups in total. The SMILES string of the molecule is COCc1nc(N2CCCC(c3nc(C(C)C)no3)C2)c2cnn(C)c2n1. The fourth-order valence-electron chi connectivity index (χ4n) is 3.50. The number of methoxy groups -OCH3 is 1. The number of nitrogens with zero attached hydrogens (tertiary/aromatic N) is 7. The summed E-state index contributed by atoms with van der Waals surface area (Å²) in [6.07, 6.45) is 3.90. The maximum absolute atomic E-state index is 5.55. The lowest BCUT2D eigenvalue weighted by Gasteiger charge is -2.32. The molecule has 9 heteroatoms. The van der Waals surface area contributed by atoms with Crippen molar-refractivity contribution in [3.05, 3.63) is 23.7 Å². The molecule has 0 spiro atoms. The molecule has 27 heavy (non-hydrogen) atoms. The van der Waals surface area contributed by atoms with Gasteiger partial charge in [-0.2, -0.15) is 10.1 Å². The second-order valence-electron chi connectivity index (χ2n) is 7.33. The highest BCUT2D eigenvalue weighted by atomic mass is 16.5. The van der Waals surface area contributed by atoms with Gasteiger partial charge in [0, 0.05) is 33.2 Å². The average molecular weight is 371 g/mol. The van der Waals surface area contributed by atoms with E-state index in [2.05, 4.69) is 39.0 Å². The quantitative estimate of drug-likeness (QED) is 0.675. The van der Waals surface area contributed by atoms with Crippen molar-refractivity contribution < 1.29 is 9.26 Å². The summed E-state index contributed by atoms with van der Waals surface area (Å²) in [5, 5.41) is 9.43. The van der Waals surface area contributed by atoms with Gasteiger partial charge in [0.1, 0.15) is 12.4 Å². The third kappa shape index (κ3) is 3.39. The number of piperidine rings is 1. The molecule has 9 nitrogen and oxygen atoms in total. The summed E-state index contributed by atoms with van der Waals surface area (Å²) in [5.74, 6) is 3.50. The zero-order valence-electron chi connectivity index (χ0n) is 16.2. The third-order valence-corrected chi connectivity index (χ3v) is 4.94. The van der Waals surface area contributed by atoms with Crippen LogP contribution in [0.15, 0.2) is 10.7 Å². The van der Waals surface area contributed by atoms with E-state index in [9.17, 15) is 0 Å². The number of ether oxygens (including phenoxy) is 1. The van der Waals surface area contributed by atoms with Crippen molar-refractivity contribution in [1.29, 1.82) is 0 Å². The topological polar surface area (TPSA) is 95.0 Å². The van der Waals surface area contributed by atoms with Crippen LogP contribution in [0.3, 0.4) is 0 Å². The van der Waals surface area contributed by atoms with Gasteiger partial charge in [0.15, 0.2) is 17.3 Å². The highest BCUT2D eigenvalue weighted by molar-refractivity contribution is 5.87. The maximum atomic E-state index is 5.55. The smallest absolute Gasteiger partial charge is 0.231 e. The van der Waals surface area contributed by atoms with E-state index < -0.39 is 0 Å². The molecule has 1 saturated heterocycles. The van der Waals surface area contributed by atoms with Gasteiger partial charge >= 0.3 is 0 Å². The minimum Gasteiger partial charge on any atom is -0.377 e. The minimum absolute atomic E-state index is 0.200. The molecule has 3 aromatic heterocycles. The van der Waals surface area contributed by atoms with Crippen molar-refractivity contribution in [2.45, 2.75) is 45.1 Å². The molecule has 1 aliphatic rings. The Labute approximate surface area is 157 Å². The predicted octanol–water partition coefficient (Wildman–Crippen LogP) is 2.40. The fourth-order valence-corrected chi connectivity index (χ4v) is 3.50. The van der Waals surface area contributed by atoms with Gasteiger partial charge in [0.05, 0.1) is 17.5 Å². The first-order valence-electron chi connectivity index (χ1n) is 9.32. The van der Waals surface area contributed by atoms with Crippen molar-refractivity contribution in [3.63, 3.8) is 0 Å². The summed E-state index contributed by atoms with van der Waals surface area (Å²) in [6.45, 7) is 6.22. The van der Waals surface area contributed by atoms with Crippen molar-refractivity contribution in [1.82, 2.24) is 29.9 Å². The number of hydrogen-bond donors (Lipinski definition) is 0. The highest BCUT2D eigenvalue weighted by Gasteiger charge is 2.29. The maximum Gasteiger partial charge on any atom is 0.231 e. The average Bonchev–Trinajstić information content (AvgIpc) is 3.30. The van der Waals surface area contributed by atoms with Gasteiger partial charge in [-0.05, 0) is 12.8 Å². The zero-order valence-corrected chi connectivity index (χ0v) is 16.2. The summed E-state index contributed by atoms with van der Waals surface area (Å²) >= 11 is 0. The Bertz CT molecular complexity index is 933. The fraction of sp³-hybridized carbons (Fsp3) is 0.611. The van der Waals surface area contributed by atoms with E-state index in [1.54, 1.807) is 11.8 Å². The molecule has 0 aromatic carbocycles. The van der Waals surface area contributed by atoms with Gasteiger partial charge in [-0.3, -0.25) is 4.68 Å². The molecule has 0 bridgehead atoms. The first-order chi connectivity index (χ1) is 13.1. The standard InChI is InChI=1S/C18H25N7O2/c1-11(2)15-22-18(27-23-15)12-6-5-7-25(9-12)17-13-8-19-24(3)16(13)20-14(21-17)10-26-4/h8,11-12H,5-7,9-10H2,1-4H3. The van der Waals surface area contributed by atoms with Crippen LogP contribution in [0.2, 0.25) is 0 Å². The molecule has 4 rings (SSSR count). The molecule has 1 fully saturated rings. The summed E-state index contributed by atoms with van der Waals surface area (Å²) in [6, 6.07) is 0. The van der Waals surface area contributed by atoms with E-state index in [0.29, 0.717) is 12.4 Å². The lowest BCUT2D eigenvalue weighted by Crippen LogP contribution is -2.35. The Hall–Kier alpha value is -2.55. The molecule has 4 heterocycles. The van der Waals surface area contributed by atoms with E-state index in [1.165, 1.54) is 0 Å². The lowest BCUT2D eigenvalue weighted by atomic mass is 9.97. The number of aryl methyl sites for hydroxylation is 1. The minimum atomic E-state index is 0.200. The molecule has 1 aliphatic heterocycles. The molecular weight excluding hydrogens is 346 g/mol. The van der Waals surface area contributed by atoms with E-state index >= 15 is 0 Å². The number of fused-ring (bicyclic) bond motifs is 1. The van der Waals surface area contributed by atoms with Gasteiger partial charge < -0.3 is 14.2 Å². The molecule has 0 radical (unpaired) electrons. The molecule has 0 saturated carbocycles. The van der Waals surface area contributed by atoms with Crippen molar-refractivity contribution in [2.24, 2.45) is 7.05 Å². The summed E-state index contributed by atoms with van der Waals surface area (Å²) in [7, 11) is 3.54. The molecule has 0 amide bonds. The Balaban J connectivity index is 1.66. The number of anilines is 1. The molecule has 0 aliphatic carbocycles. The molecule has 144 valence electrons. The Morgan fingerprint density at radius 3 is 2.89 bits per heavy atom. The van der Waals surface area contributed by atoms with E-state index in [4.69, 9.17) is 14.2 Å². The van der Waals surface area contributed by atoms with Crippen molar-refractivity contribution in [3.8, 4) is 0 Å². The van der Waals surface area contributed by atoms with Crippen LogP contribution in [0.5, 0.6) is 0 Å². The molecular formula is C18H25N7O2. The summed E-state index contributed by atoms with van der Waals surface area (Å²) < 4.78 is 12.6. The monoisotopic (exact) mass is 371 g/mol. The summed E-state index contributed by atoms with van der Waals surface area (Å²) in [5.41, 5.74) is 0.814. The first kappa shape index (κ1) is 17.8. The second kappa shape index (κ2) is 7.22. The second-order valence-corrected chi connectivity index (χ2v) is 7.33. The van der Waals surface area contributed by atoms with Crippen LogP contribution < -0.4 is 4.90 Å². The van der Waals surface area contributed by atoms with Crippen LogP contribution in [0, 0.1) is 0 Å². The van der Waals surface area contributed by atoms with Crippen LogP contribution in [0.4, 0.5) is 5.82 Å². The van der Waals surface area contributed by atoms with Gasteiger partial charge in [0.25, 0.3) is 0 Å². The van der Waals surface area contributed by atoms with E-state index in [1.807, 2.05) is 13.2 Å². The van der Waals surface area contributed by atoms with Gasteiger partial charge in [-0.25, -0.2) is 9.97 Å². The molecule has 3 aromatic rings. The zero-order chi connectivity index (χ0) is 19.0. The van der Waals surface area contributed by atoms with Gasteiger partial charge in [-0.15, -0.1) is 0 Å². The normalized spacial score (nSPS) is 18.0. The number of rotatable bonds is 5. The van der Waals surface area contributed by atoms with E-state index in [-0.39, 0.29) is 11.8 Å². The van der Waals surface area contributed by atoms with Crippen LogP contribution in [-0.4, -0.2) is 50.1 Å². The Morgan fingerprint density at radius 2 is 2.15 bits per heavy atom. The van der Waals surface area contributed by atoms with Gasteiger partial charge in [0.2, 0.25) is 5.89 Å². The third-order valence-electron chi connectivity index (χ3n) is 4.94. The first-order valence-corrected chi connectivity index (χ1v) is 9.32. The van der Waals surface area contributed by atoms with Crippen LogP contribution in [0.25, 0.3) is 11.0 Å². The van der Waals surface area contributed by atoms with Crippen molar-refractivity contribution in [2.75, 3.05) is 25.1 Å². The van der Waals surface area contributed by atoms with Crippen LogP contribution in [-0.2, 0) is 18.4 Å². The predicted molar refractivity (Wildman–Crippen MR) is 99.6 cm³/mol. The van der Waals surface area contributed by atoms with Crippen LogP contribution in [0.1, 0.15) is 56.1 Å². The molecule has 1 unspecified atom stereocenters. The summed E-state index contributed by atoms with van der Waals surface area (Å²) in [4.78, 5) is 16.2. The van der Waals surface area contributed by atoms with Crippen LogP contribution >= 0.6 is 0 Å².